The molecule has 0 aliphatic rings. The van der Waals surface area contributed by atoms with Gasteiger partial charge in [-0.25, -0.2) is 0 Å². The van der Waals surface area contributed by atoms with E-state index in [1.165, 1.54) is 7.11 Å². The summed E-state index contributed by atoms with van der Waals surface area (Å²) >= 11 is 3.15. The zero-order valence-corrected chi connectivity index (χ0v) is 9.28. The predicted octanol–water partition coefficient (Wildman–Crippen LogP) is 1.16. The molecule has 5 heteroatoms. The van der Waals surface area contributed by atoms with Crippen LogP contribution in [0.15, 0.2) is 16.6 Å². The summed E-state index contributed by atoms with van der Waals surface area (Å²) in [6.45, 7) is 0.125. The van der Waals surface area contributed by atoms with Crippen LogP contribution in [0.5, 0.6) is 11.5 Å². The van der Waals surface area contributed by atoms with E-state index >= 15 is 0 Å². The maximum atomic E-state index is 9.49. The Morgan fingerprint density at radius 3 is 2.71 bits per heavy atom. The first kappa shape index (κ1) is 11.3. The smallest absolute Gasteiger partial charge is 0.172 e. The number of phenols is 1. The minimum absolute atomic E-state index is 0.0143. The van der Waals surface area contributed by atoms with Crippen LogP contribution < -0.4 is 10.5 Å². The standard InChI is InChI=1S/C9H12BrNO3/c1-14-8-3-5(7(12)4-11)2-6(10)9(8)13/h2-3,7,12-13H,4,11H2,1H3/t7-/m1/s1. The lowest BCUT2D eigenvalue weighted by molar-refractivity contribution is 0.186. The summed E-state index contributed by atoms with van der Waals surface area (Å²) in [5, 5.41) is 19.0. The Hall–Kier alpha value is -0.780. The molecule has 0 spiro atoms. The molecule has 1 rings (SSSR count). The van der Waals surface area contributed by atoms with Crippen molar-refractivity contribution in [1.29, 1.82) is 0 Å². The number of ether oxygens (including phenoxy) is 1. The van der Waals surface area contributed by atoms with Crippen LogP contribution in [0.3, 0.4) is 0 Å². The van der Waals surface area contributed by atoms with E-state index in [9.17, 15) is 10.2 Å². The maximum Gasteiger partial charge on any atom is 0.172 e. The van der Waals surface area contributed by atoms with Gasteiger partial charge in [0.15, 0.2) is 11.5 Å². The van der Waals surface area contributed by atoms with Gasteiger partial charge in [0.05, 0.1) is 17.7 Å². The molecule has 0 saturated carbocycles. The summed E-state index contributed by atoms with van der Waals surface area (Å²) in [7, 11) is 1.44. The Labute approximate surface area is 90.4 Å². The minimum atomic E-state index is -0.749. The van der Waals surface area contributed by atoms with Crippen LogP contribution in [0.25, 0.3) is 0 Å². The van der Waals surface area contributed by atoms with Crippen LogP contribution in [0.4, 0.5) is 0 Å². The number of aliphatic hydroxyl groups excluding tert-OH is 1. The van der Waals surface area contributed by atoms with E-state index in [2.05, 4.69) is 15.9 Å². The first-order valence-electron chi connectivity index (χ1n) is 4.04. The molecule has 0 aliphatic carbocycles. The third-order valence-electron chi connectivity index (χ3n) is 1.88. The fourth-order valence-corrected chi connectivity index (χ4v) is 1.54. The Balaban J connectivity index is 3.16. The van der Waals surface area contributed by atoms with Crippen LogP contribution in [-0.4, -0.2) is 23.9 Å². The molecule has 1 aromatic carbocycles. The summed E-state index contributed by atoms with van der Waals surface area (Å²) in [5.74, 6) is 0.322. The highest BCUT2D eigenvalue weighted by Gasteiger charge is 2.12. The van der Waals surface area contributed by atoms with Crippen molar-refractivity contribution in [2.75, 3.05) is 13.7 Å². The van der Waals surface area contributed by atoms with E-state index in [-0.39, 0.29) is 12.3 Å². The lowest BCUT2D eigenvalue weighted by atomic mass is 10.1. The zero-order chi connectivity index (χ0) is 10.7. The number of benzene rings is 1. The van der Waals surface area contributed by atoms with E-state index in [4.69, 9.17) is 10.5 Å². The molecule has 14 heavy (non-hydrogen) atoms. The Bertz CT molecular complexity index is 330. The molecule has 1 atom stereocenters. The van der Waals surface area contributed by atoms with Gasteiger partial charge in [-0.1, -0.05) is 0 Å². The largest absolute Gasteiger partial charge is 0.503 e. The van der Waals surface area contributed by atoms with E-state index < -0.39 is 6.10 Å². The zero-order valence-electron chi connectivity index (χ0n) is 7.70. The average molecular weight is 262 g/mol. The van der Waals surface area contributed by atoms with Gasteiger partial charge in [0.1, 0.15) is 0 Å². The fraction of sp³-hybridized carbons (Fsp3) is 0.333. The van der Waals surface area contributed by atoms with E-state index in [0.29, 0.717) is 15.8 Å². The summed E-state index contributed by atoms with van der Waals surface area (Å²) in [6.07, 6.45) is -0.749. The van der Waals surface area contributed by atoms with Gasteiger partial charge in [-0.3, -0.25) is 0 Å². The molecular formula is C9H12BrNO3. The average Bonchev–Trinajstić information content (AvgIpc) is 2.20. The fourth-order valence-electron chi connectivity index (χ4n) is 1.08. The second-order valence-corrected chi connectivity index (χ2v) is 3.66. The quantitative estimate of drug-likeness (QED) is 0.763. The van der Waals surface area contributed by atoms with Gasteiger partial charge in [0.25, 0.3) is 0 Å². The van der Waals surface area contributed by atoms with Crippen LogP contribution in [-0.2, 0) is 0 Å². The van der Waals surface area contributed by atoms with Crippen molar-refractivity contribution in [2.24, 2.45) is 5.73 Å². The molecule has 0 unspecified atom stereocenters. The van der Waals surface area contributed by atoms with Gasteiger partial charge < -0.3 is 20.7 Å². The van der Waals surface area contributed by atoms with Crippen molar-refractivity contribution in [3.63, 3.8) is 0 Å². The van der Waals surface area contributed by atoms with Gasteiger partial charge in [0.2, 0.25) is 0 Å². The summed E-state index contributed by atoms with van der Waals surface area (Å²) in [5.41, 5.74) is 5.92. The van der Waals surface area contributed by atoms with Gasteiger partial charge in [0, 0.05) is 6.54 Å². The molecule has 0 saturated heterocycles. The summed E-state index contributed by atoms with van der Waals surface area (Å²) in [6, 6.07) is 3.16. The second-order valence-electron chi connectivity index (χ2n) is 2.81. The van der Waals surface area contributed by atoms with Gasteiger partial charge in [-0.2, -0.15) is 0 Å². The number of hydrogen-bond donors (Lipinski definition) is 3. The SMILES string of the molecule is COc1cc([C@H](O)CN)cc(Br)c1O. The van der Waals surface area contributed by atoms with E-state index in [1.807, 2.05) is 0 Å². The number of aromatic hydroxyl groups is 1. The first-order valence-corrected chi connectivity index (χ1v) is 4.84. The molecule has 0 amide bonds. The number of phenolic OH excluding ortho intramolecular Hbond substituents is 1. The van der Waals surface area contributed by atoms with E-state index in [1.54, 1.807) is 12.1 Å². The molecular weight excluding hydrogens is 250 g/mol. The predicted molar refractivity (Wildman–Crippen MR) is 56.4 cm³/mol. The Morgan fingerprint density at radius 1 is 1.57 bits per heavy atom. The monoisotopic (exact) mass is 261 g/mol. The van der Waals surface area contributed by atoms with Gasteiger partial charge in [-0.15, -0.1) is 0 Å². The third kappa shape index (κ3) is 2.17. The number of nitrogens with two attached hydrogens (primary N) is 1. The van der Waals surface area contributed by atoms with Crippen LogP contribution in [0, 0.1) is 0 Å². The van der Waals surface area contributed by atoms with Crippen LogP contribution >= 0.6 is 15.9 Å². The summed E-state index contributed by atoms with van der Waals surface area (Å²) < 4.78 is 5.40. The molecule has 0 aromatic heterocycles. The molecule has 0 heterocycles. The summed E-state index contributed by atoms with van der Waals surface area (Å²) in [4.78, 5) is 0. The molecule has 1 aromatic rings. The van der Waals surface area contributed by atoms with Crippen molar-refractivity contribution in [2.45, 2.75) is 6.10 Å². The maximum absolute atomic E-state index is 9.49. The second kappa shape index (κ2) is 4.63. The lowest BCUT2D eigenvalue weighted by Crippen LogP contribution is -2.11. The Morgan fingerprint density at radius 2 is 2.21 bits per heavy atom. The highest BCUT2D eigenvalue weighted by Crippen LogP contribution is 2.36. The van der Waals surface area contributed by atoms with Crippen molar-refractivity contribution in [3.8, 4) is 11.5 Å². The highest BCUT2D eigenvalue weighted by molar-refractivity contribution is 9.10. The molecule has 0 radical (unpaired) electrons. The van der Waals surface area contributed by atoms with Crippen molar-refractivity contribution >= 4 is 15.9 Å². The Kier molecular flexibility index (Phi) is 3.74. The number of hydrogen-bond acceptors (Lipinski definition) is 4. The van der Waals surface area contributed by atoms with Gasteiger partial charge >= 0.3 is 0 Å². The molecule has 0 bridgehead atoms. The van der Waals surface area contributed by atoms with Crippen molar-refractivity contribution in [3.05, 3.63) is 22.2 Å². The minimum Gasteiger partial charge on any atom is -0.503 e. The normalized spacial score (nSPS) is 12.6. The van der Waals surface area contributed by atoms with Crippen molar-refractivity contribution in [1.82, 2.24) is 0 Å². The highest BCUT2D eigenvalue weighted by atomic mass is 79.9. The van der Waals surface area contributed by atoms with Gasteiger partial charge in [-0.05, 0) is 33.6 Å². The third-order valence-corrected chi connectivity index (χ3v) is 2.48. The molecule has 0 aliphatic heterocycles. The lowest BCUT2D eigenvalue weighted by Gasteiger charge is -2.12. The number of methoxy groups -OCH3 is 1. The number of aliphatic hydroxyl groups is 1. The first-order chi connectivity index (χ1) is 6.60. The van der Waals surface area contributed by atoms with E-state index in [0.717, 1.165) is 0 Å². The molecule has 4 nitrogen and oxygen atoms in total. The topological polar surface area (TPSA) is 75.7 Å². The number of halogens is 1. The van der Waals surface area contributed by atoms with Crippen molar-refractivity contribution < 1.29 is 14.9 Å². The molecule has 0 fully saturated rings. The molecule has 78 valence electrons. The molecule has 4 N–H and O–H groups in total. The van der Waals surface area contributed by atoms with Crippen LogP contribution in [0.2, 0.25) is 0 Å². The number of rotatable bonds is 3. The van der Waals surface area contributed by atoms with Crippen LogP contribution in [0.1, 0.15) is 11.7 Å².